The van der Waals surface area contributed by atoms with Crippen molar-refractivity contribution in [3.8, 4) is 0 Å². The van der Waals surface area contributed by atoms with Crippen LogP contribution in [0.25, 0.3) is 0 Å². The summed E-state index contributed by atoms with van der Waals surface area (Å²) in [7, 11) is 0. The standard InChI is InChI=1S/C13H10BrFN2O2S/c14-13-8(2-1-3-12(13)17(18)19)7-20-9-4-5-11(16)10(15)6-9/h1-6H,7,16H2. The lowest BCUT2D eigenvalue weighted by atomic mass is 10.2. The molecule has 0 fully saturated rings. The van der Waals surface area contributed by atoms with Crippen LogP contribution < -0.4 is 5.73 Å². The molecule has 7 heteroatoms. The number of nitro benzene ring substituents is 1. The van der Waals surface area contributed by atoms with Crippen molar-refractivity contribution in [3.05, 3.63) is 62.4 Å². The second-order valence-electron chi connectivity index (χ2n) is 3.98. The third-order valence-electron chi connectivity index (χ3n) is 2.62. The summed E-state index contributed by atoms with van der Waals surface area (Å²) in [6.45, 7) is 0. The number of hydrogen-bond donors (Lipinski definition) is 1. The van der Waals surface area contributed by atoms with E-state index in [0.717, 1.165) is 10.5 Å². The van der Waals surface area contributed by atoms with E-state index in [2.05, 4.69) is 15.9 Å². The summed E-state index contributed by atoms with van der Waals surface area (Å²) in [6, 6.07) is 9.42. The van der Waals surface area contributed by atoms with Crippen LogP contribution in [0.2, 0.25) is 0 Å². The lowest BCUT2D eigenvalue weighted by Crippen LogP contribution is -1.93. The maximum absolute atomic E-state index is 13.3. The Bertz CT molecular complexity index is 667. The number of nitro groups is 1. The first-order chi connectivity index (χ1) is 9.49. The monoisotopic (exact) mass is 356 g/mol. The van der Waals surface area contributed by atoms with Gasteiger partial charge in [-0.3, -0.25) is 10.1 Å². The van der Waals surface area contributed by atoms with Gasteiger partial charge in [0.1, 0.15) is 5.82 Å². The van der Waals surface area contributed by atoms with Crippen molar-refractivity contribution in [3.63, 3.8) is 0 Å². The van der Waals surface area contributed by atoms with Gasteiger partial charge < -0.3 is 5.73 Å². The zero-order chi connectivity index (χ0) is 14.7. The molecule has 0 unspecified atom stereocenters. The molecule has 0 heterocycles. The van der Waals surface area contributed by atoms with Crippen LogP contribution in [0.5, 0.6) is 0 Å². The lowest BCUT2D eigenvalue weighted by Gasteiger charge is -2.06. The molecular weight excluding hydrogens is 347 g/mol. The van der Waals surface area contributed by atoms with Gasteiger partial charge in [-0.15, -0.1) is 11.8 Å². The van der Waals surface area contributed by atoms with Crippen LogP contribution in [-0.4, -0.2) is 4.92 Å². The van der Waals surface area contributed by atoms with E-state index in [9.17, 15) is 14.5 Å². The second kappa shape index (κ2) is 6.23. The Morgan fingerprint density at radius 1 is 1.35 bits per heavy atom. The number of benzene rings is 2. The van der Waals surface area contributed by atoms with Gasteiger partial charge in [0.05, 0.1) is 15.1 Å². The molecule has 2 rings (SSSR count). The maximum atomic E-state index is 13.3. The van der Waals surface area contributed by atoms with Crippen LogP contribution in [0.15, 0.2) is 45.8 Å². The van der Waals surface area contributed by atoms with Gasteiger partial charge in [0.15, 0.2) is 0 Å². The van der Waals surface area contributed by atoms with Crippen molar-refractivity contribution < 1.29 is 9.31 Å². The first-order valence-electron chi connectivity index (χ1n) is 5.58. The Morgan fingerprint density at radius 3 is 2.75 bits per heavy atom. The summed E-state index contributed by atoms with van der Waals surface area (Å²) in [5.74, 6) is 0.0270. The maximum Gasteiger partial charge on any atom is 0.283 e. The van der Waals surface area contributed by atoms with E-state index in [1.54, 1.807) is 18.2 Å². The molecule has 0 aliphatic rings. The summed E-state index contributed by atoms with van der Waals surface area (Å²) >= 11 is 4.62. The molecule has 0 radical (unpaired) electrons. The van der Waals surface area contributed by atoms with Crippen molar-refractivity contribution in [1.29, 1.82) is 0 Å². The minimum atomic E-state index is -0.465. The first kappa shape index (κ1) is 14.8. The Balaban J connectivity index is 2.17. The number of rotatable bonds is 4. The highest BCUT2D eigenvalue weighted by atomic mass is 79.9. The van der Waals surface area contributed by atoms with Crippen LogP contribution in [0, 0.1) is 15.9 Å². The van der Waals surface area contributed by atoms with Gasteiger partial charge in [-0.05, 0) is 39.7 Å². The summed E-state index contributed by atoms with van der Waals surface area (Å²) in [5.41, 5.74) is 6.31. The smallest absolute Gasteiger partial charge is 0.283 e. The number of nitrogens with two attached hydrogens (primary N) is 1. The number of nitrogens with zero attached hydrogens (tertiary/aromatic N) is 1. The highest BCUT2D eigenvalue weighted by Gasteiger charge is 2.14. The molecule has 0 spiro atoms. The number of hydrogen-bond acceptors (Lipinski definition) is 4. The van der Waals surface area contributed by atoms with Gasteiger partial charge in [-0.2, -0.15) is 0 Å². The Hall–Kier alpha value is -1.60. The molecule has 0 bridgehead atoms. The summed E-state index contributed by atoms with van der Waals surface area (Å²) in [5, 5.41) is 10.8. The molecule has 2 N–H and O–H groups in total. The van der Waals surface area contributed by atoms with Crippen LogP contribution in [0.4, 0.5) is 15.8 Å². The minimum Gasteiger partial charge on any atom is -0.396 e. The summed E-state index contributed by atoms with van der Waals surface area (Å²) in [6.07, 6.45) is 0. The molecule has 104 valence electrons. The predicted octanol–water partition coefficient (Wildman–Crippen LogP) is 4.37. The van der Waals surface area contributed by atoms with Crippen molar-refractivity contribution in [2.45, 2.75) is 10.6 Å². The summed E-state index contributed by atoms with van der Waals surface area (Å²) < 4.78 is 13.8. The van der Waals surface area contributed by atoms with E-state index >= 15 is 0 Å². The van der Waals surface area contributed by atoms with Gasteiger partial charge >= 0.3 is 0 Å². The summed E-state index contributed by atoms with van der Waals surface area (Å²) in [4.78, 5) is 11.1. The highest BCUT2D eigenvalue weighted by Crippen LogP contribution is 2.33. The third kappa shape index (κ3) is 3.29. The minimum absolute atomic E-state index is 0.0200. The van der Waals surface area contributed by atoms with Crippen LogP contribution >= 0.6 is 27.7 Å². The fourth-order valence-electron chi connectivity index (χ4n) is 1.58. The molecule has 4 nitrogen and oxygen atoms in total. The molecule has 0 saturated carbocycles. The van der Waals surface area contributed by atoms with E-state index in [-0.39, 0.29) is 11.4 Å². The highest BCUT2D eigenvalue weighted by molar-refractivity contribution is 9.10. The molecule has 0 atom stereocenters. The Morgan fingerprint density at radius 2 is 2.10 bits per heavy atom. The van der Waals surface area contributed by atoms with E-state index in [1.165, 1.54) is 30.0 Å². The Labute approximate surface area is 127 Å². The molecule has 2 aromatic carbocycles. The van der Waals surface area contributed by atoms with E-state index < -0.39 is 10.7 Å². The van der Waals surface area contributed by atoms with E-state index in [1.807, 2.05) is 0 Å². The fraction of sp³-hybridized carbons (Fsp3) is 0.0769. The molecular formula is C13H10BrFN2O2S. The third-order valence-corrected chi connectivity index (χ3v) is 4.58. The van der Waals surface area contributed by atoms with Gasteiger partial charge in [-0.1, -0.05) is 12.1 Å². The van der Waals surface area contributed by atoms with E-state index in [0.29, 0.717) is 10.2 Å². The normalized spacial score (nSPS) is 10.5. The number of thioether (sulfide) groups is 1. The fourth-order valence-corrected chi connectivity index (χ4v) is 3.23. The Kier molecular flexibility index (Phi) is 4.61. The van der Waals surface area contributed by atoms with Gasteiger partial charge in [-0.25, -0.2) is 4.39 Å². The number of halogens is 2. The zero-order valence-electron chi connectivity index (χ0n) is 10.2. The largest absolute Gasteiger partial charge is 0.396 e. The van der Waals surface area contributed by atoms with Gasteiger partial charge in [0, 0.05) is 16.7 Å². The second-order valence-corrected chi connectivity index (χ2v) is 5.82. The molecule has 0 aliphatic heterocycles. The van der Waals surface area contributed by atoms with Gasteiger partial charge in [0.2, 0.25) is 0 Å². The van der Waals surface area contributed by atoms with E-state index in [4.69, 9.17) is 5.73 Å². The predicted molar refractivity (Wildman–Crippen MR) is 81.2 cm³/mol. The zero-order valence-corrected chi connectivity index (χ0v) is 12.6. The van der Waals surface area contributed by atoms with Crippen molar-refractivity contribution in [1.82, 2.24) is 0 Å². The van der Waals surface area contributed by atoms with Crippen LogP contribution in [0.3, 0.4) is 0 Å². The lowest BCUT2D eigenvalue weighted by molar-refractivity contribution is -0.385. The van der Waals surface area contributed by atoms with Crippen LogP contribution in [-0.2, 0) is 5.75 Å². The molecule has 0 amide bonds. The SMILES string of the molecule is Nc1ccc(SCc2cccc([N+](=O)[O-])c2Br)cc1F. The molecule has 2 aromatic rings. The molecule has 0 aromatic heterocycles. The van der Waals surface area contributed by atoms with Crippen LogP contribution in [0.1, 0.15) is 5.56 Å². The quantitative estimate of drug-likeness (QED) is 0.382. The molecule has 0 aliphatic carbocycles. The number of nitrogen functional groups attached to an aromatic ring is 1. The van der Waals surface area contributed by atoms with Crippen molar-refractivity contribution in [2.24, 2.45) is 0 Å². The molecule has 0 saturated heterocycles. The topological polar surface area (TPSA) is 69.2 Å². The van der Waals surface area contributed by atoms with Crippen molar-refractivity contribution in [2.75, 3.05) is 5.73 Å². The average Bonchev–Trinajstić information content (AvgIpc) is 2.41. The van der Waals surface area contributed by atoms with Crippen molar-refractivity contribution >= 4 is 39.1 Å². The number of anilines is 1. The average molecular weight is 357 g/mol. The molecule has 20 heavy (non-hydrogen) atoms. The van der Waals surface area contributed by atoms with Gasteiger partial charge in [0.25, 0.3) is 5.69 Å². The first-order valence-corrected chi connectivity index (χ1v) is 7.36.